The molecule has 0 saturated heterocycles. The van der Waals surface area contributed by atoms with Crippen molar-refractivity contribution in [3.05, 3.63) is 41.0 Å². The van der Waals surface area contributed by atoms with Crippen molar-refractivity contribution in [1.29, 1.82) is 5.26 Å². The maximum Gasteiger partial charge on any atom is 0.157 e. The summed E-state index contributed by atoms with van der Waals surface area (Å²) in [6, 6.07) is 10.5. The lowest BCUT2D eigenvalue weighted by molar-refractivity contribution is 0.823. The first-order valence-electron chi connectivity index (χ1n) is 8.25. The van der Waals surface area contributed by atoms with Crippen molar-refractivity contribution in [3.8, 4) is 6.07 Å². The summed E-state index contributed by atoms with van der Waals surface area (Å²) in [5.41, 5.74) is 5.75. The molecule has 0 unspecified atom stereocenters. The quantitative estimate of drug-likeness (QED) is 0.729. The molecule has 0 aliphatic rings. The summed E-state index contributed by atoms with van der Waals surface area (Å²) >= 11 is 0. The van der Waals surface area contributed by atoms with Crippen LogP contribution in [-0.4, -0.2) is 22.5 Å². The molecule has 0 fully saturated rings. The normalized spacial score (nSPS) is 11.1. The molecule has 2 heterocycles. The van der Waals surface area contributed by atoms with Crippen LogP contribution in [0, 0.1) is 18.3 Å². The lowest BCUT2D eigenvalue weighted by atomic mass is 10.0. The summed E-state index contributed by atoms with van der Waals surface area (Å²) in [7, 11) is 0. The van der Waals surface area contributed by atoms with Gasteiger partial charge in [-0.3, -0.25) is 4.40 Å². The van der Waals surface area contributed by atoms with Crippen LogP contribution < -0.4 is 4.90 Å². The number of pyridine rings is 1. The third kappa shape index (κ3) is 2.16. The van der Waals surface area contributed by atoms with Crippen molar-refractivity contribution in [2.75, 3.05) is 18.0 Å². The molecule has 3 aromatic rings. The number of rotatable bonds is 4. The Balaban J connectivity index is 2.59. The lowest BCUT2D eigenvalue weighted by Crippen LogP contribution is -2.26. The Morgan fingerprint density at radius 2 is 1.87 bits per heavy atom. The zero-order valence-corrected chi connectivity index (χ0v) is 14.2. The van der Waals surface area contributed by atoms with E-state index in [1.54, 1.807) is 0 Å². The molecule has 118 valence electrons. The van der Waals surface area contributed by atoms with E-state index in [4.69, 9.17) is 4.98 Å². The van der Waals surface area contributed by atoms with E-state index in [-0.39, 0.29) is 0 Å². The molecule has 0 spiro atoms. The first kappa shape index (κ1) is 15.4. The second-order valence-corrected chi connectivity index (χ2v) is 5.70. The van der Waals surface area contributed by atoms with Crippen LogP contribution in [0.15, 0.2) is 24.3 Å². The van der Waals surface area contributed by atoms with Gasteiger partial charge in [0.2, 0.25) is 0 Å². The van der Waals surface area contributed by atoms with Gasteiger partial charge in [-0.1, -0.05) is 19.1 Å². The second kappa shape index (κ2) is 5.92. The van der Waals surface area contributed by atoms with Gasteiger partial charge in [0, 0.05) is 13.1 Å². The van der Waals surface area contributed by atoms with Gasteiger partial charge >= 0.3 is 0 Å². The van der Waals surface area contributed by atoms with E-state index in [0.29, 0.717) is 5.56 Å². The molecule has 0 aliphatic carbocycles. The summed E-state index contributed by atoms with van der Waals surface area (Å²) in [6.07, 6.45) is 0.898. The third-order valence-electron chi connectivity index (χ3n) is 4.62. The monoisotopic (exact) mass is 306 g/mol. The van der Waals surface area contributed by atoms with Gasteiger partial charge in [0.1, 0.15) is 11.9 Å². The molecular formula is C19H22N4. The van der Waals surface area contributed by atoms with Gasteiger partial charge in [0.25, 0.3) is 0 Å². The Labute approximate surface area is 137 Å². The smallest absolute Gasteiger partial charge is 0.157 e. The minimum Gasteiger partial charge on any atom is -0.358 e. The van der Waals surface area contributed by atoms with Crippen molar-refractivity contribution in [2.24, 2.45) is 0 Å². The Bertz CT molecular complexity index is 911. The molecule has 23 heavy (non-hydrogen) atoms. The molecule has 0 amide bonds. The molecule has 3 rings (SSSR count). The van der Waals surface area contributed by atoms with Gasteiger partial charge in [-0.25, -0.2) is 4.98 Å². The highest BCUT2D eigenvalue weighted by molar-refractivity contribution is 5.86. The number of benzene rings is 1. The fourth-order valence-electron chi connectivity index (χ4n) is 3.44. The number of anilines is 1. The van der Waals surface area contributed by atoms with Crippen LogP contribution in [0.5, 0.6) is 0 Å². The lowest BCUT2D eigenvalue weighted by Gasteiger charge is -2.27. The maximum absolute atomic E-state index is 9.69. The second-order valence-electron chi connectivity index (χ2n) is 5.70. The van der Waals surface area contributed by atoms with Gasteiger partial charge in [0.15, 0.2) is 5.65 Å². The highest BCUT2D eigenvalue weighted by Crippen LogP contribution is 2.33. The highest BCUT2D eigenvalue weighted by atomic mass is 15.2. The van der Waals surface area contributed by atoms with E-state index in [1.165, 1.54) is 11.4 Å². The minimum absolute atomic E-state index is 0.689. The Hall–Kier alpha value is -2.54. The largest absolute Gasteiger partial charge is 0.358 e. The molecule has 2 aromatic heterocycles. The van der Waals surface area contributed by atoms with Crippen LogP contribution in [-0.2, 0) is 6.42 Å². The summed E-state index contributed by atoms with van der Waals surface area (Å²) in [5, 5.41) is 9.69. The van der Waals surface area contributed by atoms with Crippen LogP contribution in [0.25, 0.3) is 16.7 Å². The standard InChI is InChI=1S/C19H22N4/c1-5-14-13(4)15(12-20)18-21-16-10-8-9-11-17(16)23(18)19(14)22(6-2)7-3/h8-11H,5-7H2,1-4H3. The molecule has 0 bridgehead atoms. The van der Waals surface area contributed by atoms with Crippen LogP contribution in [0.4, 0.5) is 5.82 Å². The summed E-state index contributed by atoms with van der Waals surface area (Å²) in [6.45, 7) is 10.4. The molecule has 0 aliphatic heterocycles. The minimum atomic E-state index is 0.689. The zero-order valence-electron chi connectivity index (χ0n) is 14.2. The molecule has 0 saturated carbocycles. The Morgan fingerprint density at radius 3 is 2.48 bits per heavy atom. The number of nitrogens with zero attached hydrogens (tertiary/aromatic N) is 4. The van der Waals surface area contributed by atoms with Gasteiger partial charge in [-0.15, -0.1) is 0 Å². The van der Waals surface area contributed by atoms with Crippen LogP contribution >= 0.6 is 0 Å². The summed E-state index contributed by atoms with van der Waals surface area (Å²) in [4.78, 5) is 7.10. The van der Waals surface area contributed by atoms with Crippen LogP contribution in [0.3, 0.4) is 0 Å². The number of nitriles is 1. The number of hydrogen-bond acceptors (Lipinski definition) is 3. The highest BCUT2D eigenvalue weighted by Gasteiger charge is 2.22. The van der Waals surface area contributed by atoms with Crippen LogP contribution in [0.1, 0.15) is 37.5 Å². The number of imidazole rings is 1. The average Bonchev–Trinajstić information content (AvgIpc) is 2.95. The van der Waals surface area contributed by atoms with Crippen LogP contribution in [0.2, 0.25) is 0 Å². The van der Waals surface area contributed by atoms with Crippen molar-refractivity contribution in [2.45, 2.75) is 34.1 Å². The molecular weight excluding hydrogens is 284 g/mol. The first-order valence-corrected chi connectivity index (χ1v) is 8.25. The molecule has 0 radical (unpaired) electrons. The average molecular weight is 306 g/mol. The van der Waals surface area contributed by atoms with Crippen molar-refractivity contribution in [1.82, 2.24) is 9.38 Å². The fourth-order valence-corrected chi connectivity index (χ4v) is 3.44. The predicted molar refractivity (Wildman–Crippen MR) is 95.1 cm³/mol. The Morgan fingerprint density at radius 1 is 1.17 bits per heavy atom. The van der Waals surface area contributed by atoms with Gasteiger partial charge in [0.05, 0.1) is 16.6 Å². The summed E-state index contributed by atoms with van der Waals surface area (Å²) < 4.78 is 2.17. The first-order chi connectivity index (χ1) is 11.2. The number of hydrogen-bond donors (Lipinski definition) is 0. The van der Waals surface area contributed by atoms with E-state index in [2.05, 4.69) is 42.2 Å². The van der Waals surface area contributed by atoms with E-state index < -0.39 is 0 Å². The molecule has 0 N–H and O–H groups in total. The predicted octanol–water partition coefficient (Wildman–Crippen LogP) is 4.08. The SMILES string of the molecule is CCc1c(C)c(C#N)c2nc3ccccc3n2c1N(CC)CC. The van der Waals surface area contributed by atoms with E-state index in [9.17, 15) is 5.26 Å². The number of fused-ring (bicyclic) bond motifs is 3. The topological polar surface area (TPSA) is 44.3 Å². The Kier molecular flexibility index (Phi) is 3.96. The van der Waals surface area contributed by atoms with Gasteiger partial charge in [-0.2, -0.15) is 5.26 Å². The third-order valence-corrected chi connectivity index (χ3v) is 4.62. The number of para-hydroxylation sites is 2. The fraction of sp³-hybridized carbons (Fsp3) is 0.368. The number of aromatic nitrogens is 2. The molecule has 4 heteroatoms. The maximum atomic E-state index is 9.69. The van der Waals surface area contributed by atoms with Crippen molar-refractivity contribution >= 4 is 22.5 Å². The van der Waals surface area contributed by atoms with E-state index in [1.807, 2.05) is 25.1 Å². The van der Waals surface area contributed by atoms with E-state index in [0.717, 1.165) is 41.8 Å². The van der Waals surface area contributed by atoms with Crippen molar-refractivity contribution < 1.29 is 0 Å². The molecule has 1 aromatic carbocycles. The summed E-state index contributed by atoms with van der Waals surface area (Å²) in [5.74, 6) is 1.18. The zero-order chi connectivity index (χ0) is 16.6. The molecule has 0 atom stereocenters. The van der Waals surface area contributed by atoms with Gasteiger partial charge in [-0.05, 0) is 50.5 Å². The van der Waals surface area contributed by atoms with Gasteiger partial charge < -0.3 is 4.90 Å². The molecule has 4 nitrogen and oxygen atoms in total. The van der Waals surface area contributed by atoms with E-state index >= 15 is 0 Å². The van der Waals surface area contributed by atoms with Crippen molar-refractivity contribution in [3.63, 3.8) is 0 Å².